The molecule has 0 aromatic carbocycles. The first-order chi connectivity index (χ1) is 23.5. The minimum Gasteiger partial charge on any atom is -0.465 e. The number of rotatable bonds is 36. The predicted octanol–water partition coefficient (Wildman–Crippen LogP) is 13.7. The summed E-state index contributed by atoms with van der Waals surface area (Å²) < 4.78 is 11.5. The molecule has 0 aromatic heterocycles. The van der Waals surface area contributed by atoms with Crippen LogP contribution in [0.4, 0.5) is 0 Å². The first-order valence-electron chi connectivity index (χ1n) is 21.4. The Bertz CT molecular complexity index is 787. The maximum atomic E-state index is 13.0. The number of Topliss-reactive ketones (excluding diaryl/α,β-unsaturated/α-hetero) is 1. The SMILES string of the molecule is CCCCCCCCCOC(=O)C(C)(C)CCCCCC(=O)CCCCCC(C)(C)C(=O)OCC(CCCCCCC)CCCCCCC. The van der Waals surface area contributed by atoms with Crippen molar-refractivity contribution >= 4 is 17.7 Å². The van der Waals surface area contributed by atoms with Gasteiger partial charge >= 0.3 is 11.9 Å². The van der Waals surface area contributed by atoms with E-state index >= 15 is 0 Å². The summed E-state index contributed by atoms with van der Waals surface area (Å²) in [5.74, 6) is 0.677. The van der Waals surface area contributed by atoms with Gasteiger partial charge in [-0.3, -0.25) is 14.4 Å². The molecule has 0 spiro atoms. The number of hydrogen-bond acceptors (Lipinski definition) is 5. The normalized spacial score (nSPS) is 12.1. The zero-order valence-electron chi connectivity index (χ0n) is 34.0. The minimum atomic E-state index is -0.481. The zero-order valence-corrected chi connectivity index (χ0v) is 34.0. The third kappa shape index (κ3) is 27.9. The van der Waals surface area contributed by atoms with Crippen LogP contribution in [0.15, 0.2) is 0 Å². The number of ketones is 1. The Morgan fingerprint density at radius 1 is 0.449 bits per heavy atom. The molecular weight excluding hydrogens is 608 g/mol. The summed E-state index contributed by atoms with van der Waals surface area (Å²) in [4.78, 5) is 38.1. The molecule has 5 nitrogen and oxygen atoms in total. The van der Waals surface area contributed by atoms with Crippen LogP contribution in [-0.4, -0.2) is 30.9 Å². The lowest BCUT2D eigenvalue weighted by molar-refractivity contribution is -0.156. The third-order valence-electron chi connectivity index (χ3n) is 10.5. The van der Waals surface area contributed by atoms with Gasteiger partial charge in [-0.15, -0.1) is 0 Å². The average molecular weight is 693 g/mol. The van der Waals surface area contributed by atoms with Gasteiger partial charge in [0, 0.05) is 12.8 Å². The number of esters is 2. The lowest BCUT2D eigenvalue weighted by Gasteiger charge is -2.25. The minimum absolute atomic E-state index is 0.0600. The van der Waals surface area contributed by atoms with Gasteiger partial charge in [-0.05, 0) is 78.6 Å². The van der Waals surface area contributed by atoms with Crippen LogP contribution in [0, 0.1) is 16.7 Å². The molecular formula is C44H84O5. The van der Waals surface area contributed by atoms with Crippen LogP contribution in [0.5, 0.6) is 0 Å². The van der Waals surface area contributed by atoms with Crippen LogP contribution in [0.25, 0.3) is 0 Å². The van der Waals surface area contributed by atoms with E-state index in [1.807, 2.05) is 27.7 Å². The highest BCUT2D eigenvalue weighted by Gasteiger charge is 2.30. The lowest BCUT2D eigenvalue weighted by Crippen LogP contribution is -2.28. The van der Waals surface area contributed by atoms with Crippen molar-refractivity contribution in [1.82, 2.24) is 0 Å². The van der Waals surface area contributed by atoms with E-state index in [0.29, 0.717) is 37.8 Å². The second-order valence-electron chi connectivity index (χ2n) is 16.6. The molecule has 0 saturated heterocycles. The first-order valence-corrected chi connectivity index (χ1v) is 21.4. The van der Waals surface area contributed by atoms with Crippen molar-refractivity contribution in [2.24, 2.45) is 16.7 Å². The van der Waals surface area contributed by atoms with Crippen molar-refractivity contribution in [3.05, 3.63) is 0 Å². The summed E-state index contributed by atoms with van der Waals surface area (Å²) in [5.41, 5.74) is -0.945. The van der Waals surface area contributed by atoms with Crippen LogP contribution < -0.4 is 0 Å². The van der Waals surface area contributed by atoms with Crippen LogP contribution in [0.1, 0.15) is 235 Å². The van der Waals surface area contributed by atoms with Gasteiger partial charge in [0.15, 0.2) is 0 Å². The van der Waals surface area contributed by atoms with Gasteiger partial charge < -0.3 is 9.47 Å². The van der Waals surface area contributed by atoms with Gasteiger partial charge in [-0.2, -0.15) is 0 Å². The van der Waals surface area contributed by atoms with Gasteiger partial charge in [0.05, 0.1) is 24.0 Å². The van der Waals surface area contributed by atoms with Gasteiger partial charge in [0.25, 0.3) is 0 Å². The quantitative estimate of drug-likeness (QED) is 0.0483. The van der Waals surface area contributed by atoms with Crippen LogP contribution in [0.2, 0.25) is 0 Å². The van der Waals surface area contributed by atoms with Crippen molar-refractivity contribution in [3.8, 4) is 0 Å². The number of hydrogen-bond donors (Lipinski definition) is 0. The van der Waals surface area contributed by atoms with E-state index in [0.717, 1.165) is 64.2 Å². The molecule has 0 atom stereocenters. The van der Waals surface area contributed by atoms with Gasteiger partial charge in [0.2, 0.25) is 0 Å². The molecule has 0 aliphatic rings. The molecule has 0 bridgehead atoms. The molecule has 0 amide bonds. The molecule has 0 rings (SSSR count). The maximum absolute atomic E-state index is 13.0. The molecule has 0 heterocycles. The molecule has 0 aromatic rings. The highest BCUT2D eigenvalue weighted by Crippen LogP contribution is 2.28. The molecule has 0 radical (unpaired) electrons. The zero-order chi connectivity index (χ0) is 36.6. The number of unbranched alkanes of at least 4 members (excludes halogenated alkanes) is 18. The Hall–Kier alpha value is -1.39. The molecule has 290 valence electrons. The topological polar surface area (TPSA) is 69.7 Å². The molecule has 0 N–H and O–H groups in total. The molecule has 49 heavy (non-hydrogen) atoms. The van der Waals surface area contributed by atoms with Crippen molar-refractivity contribution in [1.29, 1.82) is 0 Å². The van der Waals surface area contributed by atoms with Crippen LogP contribution >= 0.6 is 0 Å². The highest BCUT2D eigenvalue weighted by atomic mass is 16.5. The Morgan fingerprint density at radius 3 is 1.27 bits per heavy atom. The van der Waals surface area contributed by atoms with E-state index in [1.165, 1.54) is 109 Å². The first kappa shape index (κ1) is 47.6. The van der Waals surface area contributed by atoms with Crippen LogP contribution in [-0.2, 0) is 23.9 Å². The van der Waals surface area contributed by atoms with E-state index in [4.69, 9.17) is 9.47 Å². The smallest absolute Gasteiger partial charge is 0.311 e. The molecule has 0 aliphatic carbocycles. The van der Waals surface area contributed by atoms with Gasteiger partial charge in [-0.1, -0.05) is 149 Å². The van der Waals surface area contributed by atoms with E-state index in [1.54, 1.807) is 0 Å². The van der Waals surface area contributed by atoms with Crippen LogP contribution in [0.3, 0.4) is 0 Å². The van der Waals surface area contributed by atoms with Gasteiger partial charge in [0.1, 0.15) is 5.78 Å². The molecule has 0 fully saturated rings. The predicted molar refractivity (Wildman–Crippen MR) is 209 cm³/mol. The fourth-order valence-corrected chi connectivity index (χ4v) is 6.65. The van der Waals surface area contributed by atoms with E-state index in [2.05, 4.69) is 20.8 Å². The highest BCUT2D eigenvalue weighted by molar-refractivity contribution is 5.78. The fourth-order valence-electron chi connectivity index (χ4n) is 6.65. The van der Waals surface area contributed by atoms with Gasteiger partial charge in [-0.25, -0.2) is 0 Å². The summed E-state index contributed by atoms with van der Waals surface area (Å²) >= 11 is 0. The third-order valence-corrected chi connectivity index (χ3v) is 10.5. The van der Waals surface area contributed by atoms with Crippen molar-refractivity contribution < 1.29 is 23.9 Å². The summed E-state index contributed by atoms with van der Waals surface area (Å²) in [5, 5.41) is 0. The average Bonchev–Trinajstić information content (AvgIpc) is 3.07. The second-order valence-corrected chi connectivity index (χ2v) is 16.6. The summed E-state index contributed by atoms with van der Waals surface area (Å²) in [6, 6.07) is 0. The summed E-state index contributed by atoms with van der Waals surface area (Å²) in [7, 11) is 0. The standard InChI is InChI=1S/C44H84O5/c1-8-11-14-17-18-21-30-37-48-41(46)43(4,5)35-28-22-26-33-40(45)34-27-23-29-36-44(6,7)42(47)49-38-39(31-24-19-15-12-9-2)32-25-20-16-13-10-3/h39H,8-38H2,1-7H3. The largest absolute Gasteiger partial charge is 0.465 e. The Kier molecular flexibility index (Phi) is 30.5. The van der Waals surface area contributed by atoms with E-state index < -0.39 is 10.8 Å². The molecule has 0 aliphatic heterocycles. The van der Waals surface area contributed by atoms with E-state index in [-0.39, 0.29) is 11.9 Å². The molecule has 0 unspecified atom stereocenters. The Balaban J connectivity index is 4.14. The van der Waals surface area contributed by atoms with Crippen molar-refractivity contribution in [2.75, 3.05) is 13.2 Å². The summed E-state index contributed by atoms with van der Waals surface area (Å²) in [6.07, 6.45) is 32.2. The fraction of sp³-hybridized carbons (Fsp3) is 0.932. The summed E-state index contributed by atoms with van der Waals surface area (Å²) in [6.45, 7) is 15.8. The molecule has 0 saturated carbocycles. The second kappa shape index (κ2) is 31.4. The molecule has 5 heteroatoms. The maximum Gasteiger partial charge on any atom is 0.311 e. The number of carbonyl (C=O) groups excluding carboxylic acids is 3. The van der Waals surface area contributed by atoms with Crippen molar-refractivity contribution in [3.63, 3.8) is 0 Å². The Morgan fingerprint density at radius 2 is 0.816 bits per heavy atom. The monoisotopic (exact) mass is 693 g/mol. The lowest BCUT2D eigenvalue weighted by atomic mass is 9.86. The number of carbonyl (C=O) groups is 3. The number of ether oxygens (including phenoxy) is 2. The van der Waals surface area contributed by atoms with Crippen molar-refractivity contribution in [2.45, 2.75) is 235 Å². The van der Waals surface area contributed by atoms with E-state index in [9.17, 15) is 14.4 Å². The Labute approximate surface area is 305 Å².